The van der Waals surface area contributed by atoms with E-state index in [2.05, 4.69) is 19.9 Å². The van der Waals surface area contributed by atoms with Gasteiger partial charge in [0.05, 0.1) is 7.11 Å². The standard InChI is InChI=1S/C20H27N7O4/c1-31-18-22-6-2-17(23-18)24-9-4-16(5-10-24)27(20(29)30)13-15-3-8-25(12-15)19(28)26-11-7-21-14-26/h2,6-7,11,14-16H,3-5,8-10,12-13H2,1H3,(H,29,30). The Bertz CT molecular complexity index is 899. The fraction of sp³-hybridized carbons (Fsp3) is 0.550. The molecule has 1 atom stereocenters. The number of hydrogen-bond acceptors (Lipinski definition) is 7. The summed E-state index contributed by atoms with van der Waals surface area (Å²) in [5.74, 6) is 0.921. The van der Waals surface area contributed by atoms with Gasteiger partial charge in [-0.3, -0.25) is 4.57 Å². The van der Waals surface area contributed by atoms with Gasteiger partial charge in [-0.05, 0) is 31.2 Å². The number of ether oxygens (including phenoxy) is 1. The van der Waals surface area contributed by atoms with E-state index in [-0.39, 0.29) is 18.0 Å². The maximum atomic E-state index is 12.5. The average Bonchev–Trinajstić information content (AvgIpc) is 3.49. The molecular weight excluding hydrogens is 402 g/mol. The largest absolute Gasteiger partial charge is 0.467 e. The second kappa shape index (κ2) is 9.19. The topological polar surface area (TPSA) is 117 Å². The molecule has 166 valence electrons. The minimum absolute atomic E-state index is 0.0455. The van der Waals surface area contributed by atoms with Gasteiger partial charge in [0.2, 0.25) is 0 Å². The predicted octanol–water partition coefficient (Wildman–Crippen LogP) is 1.62. The van der Waals surface area contributed by atoms with Gasteiger partial charge < -0.3 is 24.5 Å². The summed E-state index contributed by atoms with van der Waals surface area (Å²) in [5, 5.41) is 9.84. The van der Waals surface area contributed by atoms with Crippen molar-refractivity contribution in [3.8, 4) is 6.01 Å². The van der Waals surface area contributed by atoms with E-state index < -0.39 is 6.09 Å². The van der Waals surface area contributed by atoms with Gasteiger partial charge in [-0.1, -0.05) is 0 Å². The molecule has 2 aliphatic rings. The molecule has 11 heteroatoms. The Morgan fingerprint density at radius 2 is 2.03 bits per heavy atom. The van der Waals surface area contributed by atoms with Crippen molar-refractivity contribution in [3.63, 3.8) is 0 Å². The Hall–Kier alpha value is -3.37. The van der Waals surface area contributed by atoms with Crippen LogP contribution in [-0.2, 0) is 0 Å². The first-order chi connectivity index (χ1) is 15.0. The van der Waals surface area contributed by atoms with Crippen molar-refractivity contribution in [1.82, 2.24) is 29.3 Å². The van der Waals surface area contributed by atoms with E-state index in [9.17, 15) is 14.7 Å². The van der Waals surface area contributed by atoms with Crippen LogP contribution in [0.5, 0.6) is 6.01 Å². The molecule has 4 heterocycles. The third-order valence-electron chi connectivity index (χ3n) is 6.01. The summed E-state index contributed by atoms with van der Waals surface area (Å²) in [6, 6.07) is 2.00. The molecule has 0 bridgehead atoms. The Kier molecular flexibility index (Phi) is 6.19. The van der Waals surface area contributed by atoms with E-state index in [0.29, 0.717) is 38.7 Å². The molecule has 0 spiro atoms. The van der Waals surface area contributed by atoms with Crippen molar-refractivity contribution in [2.24, 2.45) is 5.92 Å². The van der Waals surface area contributed by atoms with Gasteiger partial charge in [0.15, 0.2) is 0 Å². The molecule has 0 saturated carbocycles. The Labute approximate surface area is 180 Å². The Morgan fingerprint density at radius 1 is 1.23 bits per heavy atom. The Morgan fingerprint density at radius 3 is 2.71 bits per heavy atom. The number of methoxy groups -OCH3 is 1. The van der Waals surface area contributed by atoms with Gasteiger partial charge in [-0.25, -0.2) is 19.6 Å². The highest BCUT2D eigenvalue weighted by molar-refractivity contribution is 5.77. The van der Waals surface area contributed by atoms with Gasteiger partial charge in [-0.2, -0.15) is 4.98 Å². The summed E-state index contributed by atoms with van der Waals surface area (Å²) >= 11 is 0. The molecule has 2 aromatic rings. The van der Waals surface area contributed by atoms with E-state index in [1.54, 1.807) is 28.4 Å². The molecule has 2 saturated heterocycles. The number of carbonyl (C=O) groups excluding carboxylic acids is 1. The fourth-order valence-corrected chi connectivity index (χ4v) is 4.37. The van der Waals surface area contributed by atoms with Gasteiger partial charge in [-0.15, -0.1) is 0 Å². The SMILES string of the molecule is COc1nccc(N2CCC(N(CC3CCN(C(=O)n4ccnc4)C3)C(=O)O)CC2)n1. The van der Waals surface area contributed by atoms with E-state index >= 15 is 0 Å². The lowest BCUT2D eigenvalue weighted by Gasteiger charge is -2.38. The highest BCUT2D eigenvalue weighted by atomic mass is 16.5. The zero-order chi connectivity index (χ0) is 21.8. The third-order valence-corrected chi connectivity index (χ3v) is 6.01. The zero-order valence-corrected chi connectivity index (χ0v) is 17.5. The number of anilines is 1. The van der Waals surface area contributed by atoms with Crippen molar-refractivity contribution in [2.45, 2.75) is 25.3 Å². The van der Waals surface area contributed by atoms with Crippen molar-refractivity contribution < 1.29 is 19.4 Å². The molecule has 1 N–H and O–H groups in total. The third kappa shape index (κ3) is 4.70. The van der Waals surface area contributed by atoms with Crippen LogP contribution in [0, 0.1) is 5.92 Å². The van der Waals surface area contributed by atoms with Crippen LogP contribution >= 0.6 is 0 Å². The molecule has 2 amide bonds. The van der Waals surface area contributed by atoms with Crippen LogP contribution in [0.1, 0.15) is 19.3 Å². The molecule has 0 aromatic carbocycles. The number of likely N-dealkylation sites (tertiary alicyclic amines) is 1. The van der Waals surface area contributed by atoms with Crippen LogP contribution in [0.15, 0.2) is 31.0 Å². The molecule has 2 aromatic heterocycles. The highest BCUT2D eigenvalue weighted by Crippen LogP contribution is 2.25. The summed E-state index contributed by atoms with van der Waals surface area (Å²) in [5.41, 5.74) is 0. The van der Waals surface area contributed by atoms with Crippen LogP contribution in [0.4, 0.5) is 15.4 Å². The number of carboxylic acid groups (broad SMARTS) is 1. The fourth-order valence-electron chi connectivity index (χ4n) is 4.37. The van der Waals surface area contributed by atoms with Gasteiger partial charge >= 0.3 is 18.1 Å². The predicted molar refractivity (Wildman–Crippen MR) is 111 cm³/mol. The van der Waals surface area contributed by atoms with E-state index in [1.807, 2.05) is 6.07 Å². The number of hydrogen-bond donors (Lipinski definition) is 1. The first-order valence-electron chi connectivity index (χ1n) is 10.4. The van der Waals surface area contributed by atoms with E-state index in [0.717, 1.165) is 25.1 Å². The van der Waals surface area contributed by atoms with Gasteiger partial charge in [0, 0.05) is 57.4 Å². The smallest absolute Gasteiger partial charge is 0.407 e. The quantitative estimate of drug-likeness (QED) is 0.762. The number of aromatic nitrogens is 4. The molecule has 2 aliphatic heterocycles. The maximum absolute atomic E-state index is 12.5. The molecule has 4 rings (SSSR count). The van der Waals surface area contributed by atoms with E-state index in [4.69, 9.17) is 4.74 Å². The minimum Gasteiger partial charge on any atom is -0.467 e. The summed E-state index contributed by atoms with van der Waals surface area (Å²) in [6.45, 7) is 3.05. The average molecular weight is 429 g/mol. The molecule has 0 radical (unpaired) electrons. The van der Waals surface area contributed by atoms with Crippen molar-refractivity contribution in [2.75, 3.05) is 44.7 Å². The molecule has 0 aliphatic carbocycles. The highest BCUT2D eigenvalue weighted by Gasteiger charge is 2.34. The van der Waals surface area contributed by atoms with Crippen LogP contribution in [-0.4, -0.2) is 92.4 Å². The second-order valence-electron chi connectivity index (χ2n) is 7.91. The summed E-state index contributed by atoms with van der Waals surface area (Å²) in [7, 11) is 1.53. The summed E-state index contributed by atoms with van der Waals surface area (Å²) < 4.78 is 6.55. The number of amides is 2. The zero-order valence-electron chi connectivity index (χ0n) is 17.5. The number of nitrogens with zero attached hydrogens (tertiary/aromatic N) is 7. The first kappa shape index (κ1) is 20.9. The molecular formula is C20H27N7O4. The number of imidazole rings is 1. The lowest BCUT2D eigenvalue weighted by molar-refractivity contribution is 0.106. The second-order valence-corrected chi connectivity index (χ2v) is 7.91. The first-order valence-corrected chi connectivity index (χ1v) is 10.4. The molecule has 11 nitrogen and oxygen atoms in total. The molecule has 31 heavy (non-hydrogen) atoms. The van der Waals surface area contributed by atoms with Crippen molar-refractivity contribution >= 4 is 17.9 Å². The van der Waals surface area contributed by atoms with Gasteiger partial charge in [0.25, 0.3) is 0 Å². The van der Waals surface area contributed by atoms with Crippen molar-refractivity contribution in [1.29, 1.82) is 0 Å². The van der Waals surface area contributed by atoms with Crippen LogP contribution in [0.3, 0.4) is 0 Å². The minimum atomic E-state index is -0.901. The molecule has 2 fully saturated rings. The normalized spacial score (nSPS) is 19.5. The van der Waals surface area contributed by atoms with Crippen LogP contribution in [0.25, 0.3) is 0 Å². The Balaban J connectivity index is 1.32. The summed E-state index contributed by atoms with van der Waals surface area (Å²) in [4.78, 5) is 42.3. The van der Waals surface area contributed by atoms with Gasteiger partial charge in [0.1, 0.15) is 12.1 Å². The monoisotopic (exact) mass is 429 g/mol. The number of carbonyl (C=O) groups is 2. The maximum Gasteiger partial charge on any atom is 0.407 e. The number of piperidine rings is 1. The van der Waals surface area contributed by atoms with Crippen molar-refractivity contribution in [3.05, 3.63) is 31.0 Å². The number of rotatable bonds is 5. The van der Waals surface area contributed by atoms with Crippen LogP contribution < -0.4 is 9.64 Å². The van der Waals surface area contributed by atoms with Crippen LogP contribution in [0.2, 0.25) is 0 Å². The summed E-state index contributed by atoms with van der Waals surface area (Å²) in [6.07, 6.45) is 7.69. The lowest BCUT2D eigenvalue weighted by Crippen LogP contribution is -2.49. The van der Waals surface area contributed by atoms with E-state index in [1.165, 1.54) is 18.0 Å². The lowest BCUT2D eigenvalue weighted by atomic mass is 10.0. The molecule has 1 unspecified atom stereocenters.